The molecule has 5 nitrogen and oxygen atoms in total. The molecule has 0 radical (unpaired) electrons. The van der Waals surface area contributed by atoms with Crippen molar-refractivity contribution in [3.63, 3.8) is 0 Å². The smallest absolute Gasteiger partial charge is 0.311 e. The Balaban J connectivity index is 1.89. The first-order chi connectivity index (χ1) is 9.09. The topological polar surface area (TPSA) is 56.0 Å². The van der Waals surface area contributed by atoms with Gasteiger partial charge in [-0.25, -0.2) is 4.79 Å². The molecule has 1 heterocycles. The van der Waals surface area contributed by atoms with Crippen molar-refractivity contribution < 1.29 is 0 Å². The molecule has 0 bridgehead atoms. The summed E-state index contributed by atoms with van der Waals surface area (Å²) in [4.78, 5) is 23.3. The van der Waals surface area contributed by atoms with Crippen molar-refractivity contribution in [2.75, 3.05) is 6.54 Å². The van der Waals surface area contributed by atoms with Gasteiger partial charge in [0.1, 0.15) is 0 Å². The van der Waals surface area contributed by atoms with Gasteiger partial charge in [0.15, 0.2) is 0 Å². The number of nitrogens with zero attached hydrogens (tertiary/aromatic N) is 2. The average Bonchev–Trinajstić information content (AvgIpc) is 2.91. The van der Waals surface area contributed by atoms with Crippen LogP contribution in [0.4, 0.5) is 0 Å². The van der Waals surface area contributed by atoms with Gasteiger partial charge in [-0.15, -0.1) is 0 Å². The summed E-state index contributed by atoms with van der Waals surface area (Å²) in [5.74, 6) is 0.861. The Kier molecular flexibility index (Phi) is 4.58. The Morgan fingerprint density at radius 2 is 1.89 bits per heavy atom. The van der Waals surface area contributed by atoms with Gasteiger partial charge in [0.25, 0.3) is 5.56 Å². The quantitative estimate of drug-likeness (QED) is 0.800. The maximum atomic E-state index is 11.8. The number of hydrogen-bond acceptors (Lipinski definition) is 3. The molecule has 1 aromatic heterocycles. The average molecular weight is 265 g/mol. The van der Waals surface area contributed by atoms with E-state index in [2.05, 4.69) is 5.32 Å². The van der Waals surface area contributed by atoms with Gasteiger partial charge in [0.2, 0.25) is 0 Å². The monoisotopic (exact) mass is 265 g/mol. The maximum Gasteiger partial charge on any atom is 0.330 e. The predicted octanol–water partition coefficient (Wildman–Crippen LogP) is 0.754. The van der Waals surface area contributed by atoms with Crippen molar-refractivity contribution >= 4 is 0 Å². The molecule has 0 spiro atoms. The summed E-state index contributed by atoms with van der Waals surface area (Å²) in [7, 11) is 3.21. The van der Waals surface area contributed by atoms with Crippen molar-refractivity contribution in [3.8, 4) is 0 Å². The van der Waals surface area contributed by atoms with Crippen molar-refractivity contribution in [1.29, 1.82) is 0 Å². The number of hydrogen-bond donors (Lipinski definition) is 1. The zero-order valence-electron chi connectivity index (χ0n) is 11.8. The highest BCUT2D eigenvalue weighted by Crippen LogP contribution is 2.26. The number of aromatic nitrogens is 2. The lowest BCUT2D eigenvalue weighted by molar-refractivity contribution is 0.472. The summed E-state index contributed by atoms with van der Waals surface area (Å²) in [6, 6.07) is 1.53. The highest BCUT2D eigenvalue weighted by Gasteiger charge is 2.14. The Morgan fingerprint density at radius 1 is 1.21 bits per heavy atom. The molecule has 1 saturated carbocycles. The largest absolute Gasteiger partial charge is 0.330 e. The zero-order chi connectivity index (χ0) is 13.8. The van der Waals surface area contributed by atoms with Crippen LogP contribution in [-0.2, 0) is 20.6 Å². The molecule has 0 saturated heterocycles. The lowest BCUT2D eigenvalue weighted by Gasteiger charge is -2.12. The second kappa shape index (κ2) is 6.19. The van der Waals surface area contributed by atoms with Gasteiger partial charge in [0.05, 0.1) is 0 Å². The van der Waals surface area contributed by atoms with Gasteiger partial charge in [-0.05, 0) is 18.9 Å². The molecule has 2 rings (SSSR count). The molecule has 0 aromatic carbocycles. The fourth-order valence-corrected chi connectivity index (χ4v) is 2.77. The molecule has 0 amide bonds. The Bertz CT molecular complexity index is 539. The van der Waals surface area contributed by atoms with Crippen LogP contribution in [0.15, 0.2) is 15.7 Å². The van der Waals surface area contributed by atoms with E-state index in [1.165, 1.54) is 49.8 Å². The van der Waals surface area contributed by atoms with Crippen LogP contribution >= 0.6 is 0 Å². The number of rotatable bonds is 5. The minimum Gasteiger partial charge on any atom is -0.311 e. The summed E-state index contributed by atoms with van der Waals surface area (Å²) in [5.41, 5.74) is 0.246. The van der Waals surface area contributed by atoms with E-state index in [9.17, 15) is 9.59 Å². The molecule has 1 aliphatic carbocycles. The molecular weight excluding hydrogens is 242 g/mol. The van der Waals surface area contributed by atoms with Gasteiger partial charge in [-0.2, -0.15) is 0 Å². The van der Waals surface area contributed by atoms with Crippen molar-refractivity contribution in [2.24, 2.45) is 20.0 Å². The van der Waals surface area contributed by atoms with Crippen LogP contribution < -0.4 is 16.6 Å². The van der Waals surface area contributed by atoms with Gasteiger partial charge in [0, 0.05) is 32.4 Å². The Hall–Kier alpha value is -1.36. The van der Waals surface area contributed by atoms with Crippen LogP contribution in [0.2, 0.25) is 0 Å². The minimum atomic E-state index is -0.264. The number of nitrogens with one attached hydrogen (secondary N) is 1. The molecule has 1 aliphatic rings. The summed E-state index contributed by atoms with van der Waals surface area (Å²) in [5, 5.41) is 3.34. The van der Waals surface area contributed by atoms with E-state index >= 15 is 0 Å². The third-order valence-electron chi connectivity index (χ3n) is 4.14. The molecule has 0 unspecified atom stereocenters. The lowest BCUT2D eigenvalue weighted by atomic mass is 10.0. The van der Waals surface area contributed by atoms with Crippen LogP contribution in [-0.4, -0.2) is 15.7 Å². The SMILES string of the molecule is Cn1c(CNCCC2CCCC2)cc(=O)n(C)c1=O. The molecule has 1 aromatic rings. The van der Waals surface area contributed by atoms with E-state index in [1.54, 1.807) is 7.05 Å². The Labute approximate surface area is 113 Å². The maximum absolute atomic E-state index is 11.8. The predicted molar refractivity (Wildman–Crippen MR) is 75.2 cm³/mol. The van der Waals surface area contributed by atoms with E-state index in [0.717, 1.165) is 22.7 Å². The minimum absolute atomic E-state index is 0.240. The van der Waals surface area contributed by atoms with E-state index in [0.29, 0.717) is 6.54 Å². The first-order valence-corrected chi connectivity index (χ1v) is 7.06. The summed E-state index contributed by atoms with van der Waals surface area (Å²) in [6.07, 6.45) is 6.64. The lowest BCUT2D eigenvalue weighted by Crippen LogP contribution is -2.39. The van der Waals surface area contributed by atoms with Gasteiger partial charge < -0.3 is 5.32 Å². The van der Waals surface area contributed by atoms with Crippen molar-refractivity contribution in [3.05, 3.63) is 32.6 Å². The molecule has 19 heavy (non-hydrogen) atoms. The van der Waals surface area contributed by atoms with Crippen LogP contribution in [0.1, 0.15) is 37.8 Å². The summed E-state index contributed by atoms with van der Waals surface area (Å²) < 4.78 is 2.66. The molecule has 1 N–H and O–H groups in total. The molecule has 1 fully saturated rings. The van der Waals surface area contributed by atoms with Crippen LogP contribution in [0.25, 0.3) is 0 Å². The van der Waals surface area contributed by atoms with E-state index in [1.807, 2.05) is 0 Å². The molecule has 5 heteroatoms. The zero-order valence-corrected chi connectivity index (χ0v) is 11.8. The highest BCUT2D eigenvalue weighted by molar-refractivity contribution is 5.01. The fourth-order valence-electron chi connectivity index (χ4n) is 2.77. The third-order valence-corrected chi connectivity index (χ3v) is 4.14. The van der Waals surface area contributed by atoms with Crippen LogP contribution in [0, 0.1) is 5.92 Å². The molecular formula is C14H23N3O2. The van der Waals surface area contributed by atoms with E-state index in [4.69, 9.17) is 0 Å². The van der Waals surface area contributed by atoms with E-state index in [-0.39, 0.29) is 11.2 Å². The van der Waals surface area contributed by atoms with E-state index < -0.39 is 0 Å². The second-order valence-corrected chi connectivity index (χ2v) is 5.49. The van der Waals surface area contributed by atoms with Gasteiger partial charge in [-0.1, -0.05) is 25.7 Å². The summed E-state index contributed by atoms with van der Waals surface area (Å²) >= 11 is 0. The summed E-state index contributed by atoms with van der Waals surface area (Å²) in [6.45, 7) is 1.53. The van der Waals surface area contributed by atoms with Crippen LogP contribution in [0.3, 0.4) is 0 Å². The van der Waals surface area contributed by atoms with Gasteiger partial charge in [-0.3, -0.25) is 13.9 Å². The van der Waals surface area contributed by atoms with Crippen molar-refractivity contribution in [1.82, 2.24) is 14.5 Å². The van der Waals surface area contributed by atoms with Crippen LogP contribution in [0.5, 0.6) is 0 Å². The third kappa shape index (κ3) is 3.35. The first kappa shape index (κ1) is 14.1. The fraction of sp³-hybridized carbons (Fsp3) is 0.714. The highest BCUT2D eigenvalue weighted by atomic mass is 16.2. The second-order valence-electron chi connectivity index (χ2n) is 5.49. The molecule has 0 atom stereocenters. The standard InChI is InChI=1S/C14H23N3O2/c1-16-12(9-13(18)17(2)14(16)19)10-15-8-7-11-5-3-4-6-11/h9,11,15H,3-8,10H2,1-2H3. The normalized spacial score (nSPS) is 16.1. The van der Waals surface area contributed by atoms with Crippen molar-refractivity contribution in [2.45, 2.75) is 38.6 Å². The van der Waals surface area contributed by atoms with Gasteiger partial charge >= 0.3 is 5.69 Å². The molecule has 0 aliphatic heterocycles. The molecule has 106 valence electrons. The first-order valence-electron chi connectivity index (χ1n) is 7.06. The Morgan fingerprint density at radius 3 is 2.58 bits per heavy atom.